The third kappa shape index (κ3) is 5.94. The molecule has 148 valence electrons. The van der Waals surface area contributed by atoms with Crippen LogP contribution in [0.3, 0.4) is 0 Å². The van der Waals surface area contributed by atoms with E-state index in [1.807, 2.05) is 54.6 Å². The fraction of sp³-hybridized carbons (Fsp3) is 0.167. The zero-order chi connectivity index (χ0) is 20.5. The van der Waals surface area contributed by atoms with Crippen molar-refractivity contribution in [2.45, 2.75) is 19.3 Å². The fourth-order valence-electron chi connectivity index (χ4n) is 3.07. The Kier molecular flexibility index (Phi) is 7.00. The van der Waals surface area contributed by atoms with Crippen LogP contribution < -0.4 is 16.4 Å². The molecule has 0 aliphatic carbocycles. The van der Waals surface area contributed by atoms with Gasteiger partial charge in [0.1, 0.15) is 0 Å². The summed E-state index contributed by atoms with van der Waals surface area (Å²) in [5.41, 5.74) is 9.67. The van der Waals surface area contributed by atoms with E-state index in [1.54, 1.807) is 24.3 Å². The van der Waals surface area contributed by atoms with Crippen LogP contribution in [0, 0.1) is 0 Å². The van der Waals surface area contributed by atoms with Crippen molar-refractivity contribution in [1.29, 1.82) is 0 Å². The van der Waals surface area contributed by atoms with Crippen molar-refractivity contribution in [3.8, 4) is 0 Å². The average Bonchev–Trinajstić information content (AvgIpc) is 2.74. The lowest BCUT2D eigenvalue weighted by Gasteiger charge is -2.12. The molecular weight excluding hydrogens is 362 g/mol. The molecule has 2 amide bonds. The number of carbonyl (C=O) groups is 2. The quantitative estimate of drug-likeness (QED) is 0.514. The number of aryl methyl sites for hydroxylation is 1. The van der Waals surface area contributed by atoms with E-state index in [4.69, 9.17) is 5.73 Å². The van der Waals surface area contributed by atoms with Crippen molar-refractivity contribution < 1.29 is 9.59 Å². The zero-order valence-electron chi connectivity index (χ0n) is 16.2. The highest BCUT2D eigenvalue weighted by atomic mass is 16.2. The first-order valence-electron chi connectivity index (χ1n) is 9.68. The summed E-state index contributed by atoms with van der Waals surface area (Å²) < 4.78 is 0. The van der Waals surface area contributed by atoms with Crippen LogP contribution in [0.15, 0.2) is 78.9 Å². The van der Waals surface area contributed by atoms with Crippen molar-refractivity contribution >= 4 is 23.2 Å². The van der Waals surface area contributed by atoms with Gasteiger partial charge in [-0.2, -0.15) is 0 Å². The maximum atomic E-state index is 12.6. The van der Waals surface area contributed by atoms with Gasteiger partial charge in [-0.1, -0.05) is 60.7 Å². The van der Waals surface area contributed by atoms with Crippen LogP contribution in [-0.2, 0) is 17.6 Å². The third-order valence-corrected chi connectivity index (χ3v) is 4.66. The maximum absolute atomic E-state index is 12.6. The van der Waals surface area contributed by atoms with Crippen LogP contribution in [0.2, 0.25) is 0 Å². The predicted octanol–water partition coefficient (Wildman–Crippen LogP) is 3.81. The molecule has 3 aromatic rings. The Morgan fingerprint density at radius 2 is 1.48 bits per heavy atom. The number of hydrogen-bond donors (Lipinski definition) is 3. The van der Waals surface area contributed by atoms with E-state index in [0.717, 1.165) is 17.5 Å². The molecule has 29 heavy (non-hydrogen) atoms. The van der Waals surface area contributed by atoms with Gasteiger partial charge in [0.05, 0.1) is 11.3 Å². The minimum atomic E-state index is -0.205. The van der Waals surface area contributed by atoms with E-state index < -0.39 is 0 Å². The molecule has 5 nitrogen and oxygen atoms in total. The number of rotatable bonds is 8. The predicted molar refractivity (Wildman–Crippen MR) is 117 cm³/mol. The number of anilines is 2. The number of nitrogens with one attached hydrogen (secondary N) is 2. The summed E-state index contributed by atoms with van der Waals surface area (Å²) in [7, 11) is 0. The van der Waals surface area contributed by atoms with Gasteiger partial charge in [-0.25, -0.2) is 0 Å². The first kappa shape index (κ1) is 20.1. The summed E-state index contributed by atoms with van der Waals surface area (Å²) in [5.74, 6) is -0.359. The van der Waals surface area contributed by atoms with Crippen LogP contribution in [0.5, 0.6) is 0 Å². The van der Waals surface area contributed by atoms with Crippen LogP contribution in [0.4, 0.5) is 11.4 Å². The lowest BCUT2D eigenvalue weighted by molar-refractivity contribution is -0.116. The number of nitrogen functional groups attached to an aromatic ring is 1. The van der Waals surface area contributed by atoms with Gasteiger partial charge in [-0.05, 0) is 42.2 Å². The first-order chi connectivity index (χ1) is 14.1. The number of para-hydroxylation sites is 2. The fourth-order valence-corrected chi connectivity index (χ4v) is 3.07. The lowest BCUT2D eigenvalue weighted by atomic mass is 10.1. The summed E-state index contributed by atoms with van der Waals surface area (Å²) in [6, 6.07) is 24.5. The van der Waals surface area contributed by atoms with Gasteiger partial charge in [-0.15, -0.1) is 0 Å². The Bertz CT molecular complexity index is 971. The van der Waals surface area contributed by atoms with Crippen LogP contribution in [0.25, 0.3) is 0 Å². The molecule has 0 saturated heterocycles. The summed E-state index contributed by atoms with van der Waals surface area (Å²) >= 11 is 0. The summed E-state index contributed by atoms with van der Waals surface area (Å²) in [4.78, 5) is 25.0. The molecular formula is C24H25N3O2. The monoisotopic (exact) mass is 387 g/mol. The molecule has 0 heterocycles. The molecule has 0 aliphatic rings. The molecule has 0 spiro atoms. The van der Waals surface area contributed by atoms with E-state index in [0.29, 0.717) is 29.9 Å². The number of nitrogens with two attached hydrogens (primary N) is 1. The minimum Gasteiger partial charge on any atom is -0.399 e. The second-order valence-electron chi connectivity index (χ2n) is 6.78. The Hall–Kier alpha value is -3.60. The topological polar surface area (TPSA) is 84.2 Å². The van der Waals surface area contributed by atoms with Gasteiger partial charge >= 0.3 is 0 Å². The molecule has 0 unspecified atom stereocenters. The Morgan fingerprint density at radius 1 is 0.793 bits per heavy atom. The molecule has 0 aromatic heterocycles. The first-order valence-corrected chi connectivity index (χ1v) is 9.68. The lowest BCUT2D eigenvalue weighted by Crippen LogP contribution is -2.27. The molecule has 0 radical (unpaired) electrons. The Balaban J connectivity index is 1.55. The van der Waals surface area contributed by atoms with E-state index in [9.17, 15) is 9.59 Å². The van der Waals surface area contributed by atoms with Crippen LogP contribution >= 0.6 is 0 Å². The number of carbonyl (C=O) groups excluding carboxylic acids is 2. The van der Waals surface area contributed by atoms with Crippen molar-refractivity contribution in [2.24, 2.45) is 0 Å². The zero-order valence-corrected chi connectivity index (χ0v) is 16.2. The Labute approximate surface area is 170 Å². The van der Waals surface area contributed by atoms with Gasteiger partial charge in [0, 0.05) is 18.7 Å². The highest BCUT2D eigenvalue weighted by Crippen LogP contribution is 2.17. The van der Waals surface area contributed by atoms with Gasteiger partial charge < -0.3 is 16.4 Å². The van der Waals surface area contributed by atoms with Gasteiger partial charge in [0.25, 0.3) is 5.91 Å². The van der Waals surface area contributed by atoms with Crippen molar-refractivity contribution in [3.05, 3.63) is 95.6 Å². The van der Waals surface area contributed by atoms with Gasteiger partial charge in [0.2, 0.25) is 5.91 Å². The number of amides is 2. The van der Waals surface area contributed by atoms with Crippen LogP contribution in [-0.4, -0.2) is 18.4 Å². The number of hydrogen-bond acceptors (Lipinski definition) is 3. The molecule has 0 bridgehead atoms. The SMILES string of the molecule is Nc1ccccc1CCC(=O)Nc1ccccc1C(=O)NCCc1ccccc1. The maximum Gasteiger partial charge on any atom is 0.253 e. The van der Waals surface area contributed by atoms with Crippen LogP contribution in [0.1, 0.15) is 27.9 Å². The summed E-state index contributed by atoms with van der Waals surface area (Å²) in [5, 5.41) is 5.77. The van der Waals surface area contributed by atoms with Crippen molar-refractivity contribution in [1.82, 2.24) is 5.32 Å². The van der Waals surface area contributed by atoms with E-state index in [1.165, 1.54) is 0 Å². The normalized spacial score (nSPS) is 10.3. The second kappa shape index (κ2) is 10.1. The van der Waals surface area contributed by atoms with E-state index >= 15 is 0 Å². The van der Waals surface area contributed by atoms with E-state index in [2.05, 4.69) is 10.6 Å². The average molecular weight is 387 g/mol. The van der Waals surface area contributed by atoms with Crippen molar-refractivity contribution in [2.75, 3.05) is 17.6 Å². The molecule has 3 rings (SSSR count). The summed E-state index contributed by atoms with van der Waals surface area (Å²) in [6.07, 6.45) is 1.59. The second-order valence-corrected chi connectivity index (χ2v) is 6.78. The van der Waals surface area contributed by atoms with Gasteiger partial charge in [0.15, 0.2) is 0 Å². The van der Waals surface area contributed by atoms with Gasteiger partial charge in [-0.3, -0.25) is 9.59 Å². The Morgan fingerprint density at radius 3 is 2.28 bits per heavy atom. The molecule has 4 N–H and O–H groups in total. The highest BCUT2D eigenvalue weighted by molar-refractivity contribution is 6.03. The smallest absolute Gasteiger partial charge is 0.253 e. The molecule has 0 aliphatic heterocycles. The molecule has 3 aromatic carbocycles. The number of benzene rings is 3. The largest absolute Gasteiger partial charge is 0.399 e. The standard InChI is InChI=1S/C24H25N3O2/c25-21-12-6-4-10-19(21)14-15-23(28)27-22-13-7-5-11-20(22)24(29)26-17-16-18-8-2-1-3-9-18/h1-13H,14-17,25H2,(H,26,29)(H,27,28). The van der Waals surface area contributed by atoms with Crippen molar-refractivity contribution in [3.63, 3.8) is 0 Å². The molecule has 5 heteroatoms. The molecule has 0 fully saturated rings. The van der Waals surface area contributed by atoms with E-state index in [-0.39, 0.29) is 18.2 Å². The summed E-state index contributed by atoms with van der Waals surface area (Å²) in [6.45, 7) is 0.526. The minimum absolute atomic E-state index is 0.155. The molecule has 0 saturated carbocycles. The highest BCUT2D eigenvalue weighted by Gasteiger charge is 2.13. The third-order valence-electron chi connectivity index (χ3n) is 4.66. The molecule has 0 atom stereocenters.